The number of carbonyl (C=O) groups excluding carboxylic acids is 7. The lowest BCUT2D eigenvalue weighted by Gasteiger charge is -2.30. The van der Waals surface area contributed by atoms with Crippen LogP contribution in [0.15, 0.2) is 99.9 Å². The number of aliphatic imine (C=N–C) groups is 3. The van der Waals surface area contributed by atoms with Gasteiger partial charge in [-0.15, -0.1) is 0 Å². The Kier molecular flexibility index (Phi) is 23.1. The number of benzene rings is 3. The quantitative estimate of drug-likeness (QED) is 0.0200. The summed E-state index contributed by atoms with van der Waals surface area (Å²) in [5.41, 5.74) is 40.4. The van der Waals surface area contributed by atoms with Crippen molar-refractivity contribution in [1.29, 1.82) is 0 Å². The molecule has 7 amide bonds. The molecule has 0 aliphatic carbocycles. The van der Waals surface area contributed by atoms with E-state index in [1.165, 1.54) is 18.2 Å². The number of carbonyl (C=O) groups is 7. The van der Waals surface area contributed by atoms with Crippen LogP contribution in [0.25, 0.3) is 6.08 Å². The maximum Gasteiger partial charge on any atom is 0.253 e. The molecule has 0 aliphatic heterocycles. The fourth-order valence-electron chi connectivity index (χ4n) is 7.14. The largest absolute Gasteiger partial charge is 0.370 e. The zero-order valence-electron chi connectivity index (χ0n) is 40.1. The van der Waals surface area contributed by atoms with E-state index in [9.17, 15) is 38.0 Å². The number of hydrogen-bond donors (Lipinski definition) is 11. The SMILES string of the molecule is CC(=O)N(C(=O)/C=C/c1ccccc1)[C@@H](Cc1ccc(F)cc1)C(=O)N[C@@H](Cc1ccc(N=C(N)N)cc1)C(=O)N[C@@H](CC(C)C)C(=O)N[C@@H](CCCN=C(N)N)C(=O)N[C@@H](CCCN=C(N)N)C(N)=O. The monoisotopic (exact) mass is 984 g/mol. The van der Waals surface area contributed by atoms with E-state index in [0.29, 0.717) is 22.4 Å². The normalized spacial score (nSPS) is 13.0. The first-order chi connectivity index (χ1) is 33.6. The maximum atomic E-state index is 14.7. The molecule has 0 radical (unpaired) electrons. The van der Waals surface area contributed by atoms with E-state index in [2.05, 4.69) is 36.2 Å². The summed E-state index contributed by atoms with van der Waals surface area (Å²) in [6, 6.07) is 13.4. The zero-order valence-corrected chi connectivity index (χ0v) is 40.1. The summed E-state index contributed by atoms with van der Waals surface area (Å²) in [5, 5.41) is 10.7. The Bertz CT molecular complexity index is 2400. The Morgan fingerprint density at radius 3 is 1.63 bits per heavy atom. The molecule has 3 aromatic carbocycles. The fraction of sp³-hybridized carbons (Fsp3) is 0.375. The highest BCUT2D eigenvalue weighted by Gasteiger charge is 2.36. The first-order valence-electron chi connectivity index (χ1n) is 22.7. The van der Waals surface area contributed by atoms with Crippen LogP contribution in [0.4, 0.5) is 10.1 Å². The molecule has 0 fully saturated rings. The van der Waals surface area contributed by atoms with Crippen molar-refractivity contribution < 1.29 is 38.0 Å². The minimum Gasteiger partial charge on any atom is -0.370 e. The van der Waals surface area contributed by atoms with Crippen LogP contribution < -0.4 is 61.4 Å². The van der Waals surface area contributed by atoms with E-state index < -0.39 is 77.4 Å². The third kappa shape index (κ3) is 20.8. The Morgan fingerprint density at radius 1 is 0.606 bits per heavy atom. The molecule has 22 nitrogen and oxygen atoms in total. The van der Waals surface area contributed by atoms with Crippen molar-refractivity contribution in [2.24, 2.45) is 61.0 Å². The van der Waals surface area contributed by atoms with Gasteiger partial charge in [-0.1, -0.05) is 68.4 Å². The second-order valence-electron chi connectivity index (χ2n) is 16.9. The van der Waals surface area contributed by atoms with E-state index >= 15 is 0 Å². The van der Waals surface area contributed by atoms with Crippen molar-refractivity contribution in [3.63, 3.8) is 0 Å². The molecule has 0 unspecified atom stereocenters. The molecular weight excluding hydrogens is 918 g/mol. The van der Waals surface area contributed by atoms with Crippen molar-refractivity contribution in [2.75, 3.05) is 13.1 Å². The lowest BCUT2D eigenvalue weighted by molar-refractivity contribution is -0.148. The molecule has 71 heavy (non-hydrogen) atoms. The average Bonchev–Trinajstić information content (AvgIpc) is 3.30. The topological polar surface area (TPSA) is 390 Å². The molecule has 5 atom stereocenters. The van der Waals surface area contributed by atoms with Gasteiger partial charge < -0.3 is 61.4 Å². The molecule has 0 spiro atoms. The van der Waals surface area contributed by atoms with Crippen molar-refractivity contribution in [3.05, 3.63) is 107 Å². The number of halogens is 1. The summed E-state index contributed by atoms with van der Waals surface area (Å²) in [6.45, 7) is 4.92. The molecule has 23 heteroatoms. The van der Waals surface area contributed by atoms with E-state index in [-0.39, 0.29) is 81.8 Å². The predicted molar refractivity (Wildman–Crippen MR) is 269 cm³/mol. The third-order valence-corrected chi connectivity index (χ3v) is 10.5. The standard InChI is InChI=1S/C48H66FN15O7/c1-28(2)25-37(43(69)61-36(12-8-24-58-47(53)54)42(68)60-35(41(50)67)11-7-23-57-46(51)52)62-44(70)38(26-31-15-20-34(21-16-31)59-48(55)56)63-45(71)39(27-32-13-18-33(49)19-14-32)64(29(3)65)40(66)22-17-30-9-5-4-6-10-30/h4-6,9-10,13-22,28,35-39H,7-8,11-12,23-27H2,1-3H3,(H2,50,67)(H,60,68)(H,61,69)(H,62,70)(H,63,71)(H4,51,52,57)(H4,53,54,58)(H4,55,56,59)/b22-17+/t35-,36-,37-,38-,39-/m0/s1. The fourth-order valence-corrected chi connectivity index (χ4v) is 7.14. The molecule has 0 saturated heterocycles. The van der Waals surface area contributed by atoms with Crippen molar-refractivity contribution in [1.82, 2.24) is 26.2 Å². The Labute approximate surface area is 411 Å². The Morgan fingerprint density at radius 2 is 1.10 bits per heavy atom. The summed E-state index contributed by atoms with van der Waals surface area (Å²) in [5.74, 6) is -7.20. The first-order valence-corrected chi connectivity index (χ1v) is 22.7. The maximum absolute atomic E-state index is 14.7. The molecule has 0 heterocycles. The lowest BCUT2D eigenvalue weighted by Crippen LogP contribution is -2.60. The van der Waals surface area contributed by atoms with E-state index in [0.717, 1.165) is 30.0 Å². The molecule has 0 aromatic heterocycles. The summed E-state index contributed by atoms with van der Waals surface area (Å²) >= 11 is 0. The zero-order chi connectivity index (χ0) is 52.6. The Hall–Kier alpha value is -8.37. The summed E-state index contributed by atoms with van der Waals surface area (Å²) in [6.07, 6.45) is 2.67. The highest BCUT2D eigenvalue weighted by molar-refractivity contribution is 6.06. The van der Waals surface area contributed by atoms with Gasteiger partial charge in [0.05, 0.1) is 5.69 Å². The molecule has 0 bridgehead atoms. The summed E-state index contributed by atoms with van der Waals surface area (Å²) in [4.78, 5) is 110. The second-order valence-corrected chi connectivity index (χ2v) is 16.9. The first kappa shape index (κ1) is 57.0. The molecule has 382 valence electrons. The highest BCUT2D eigenvalue weighted by atomic mass is 19.1. The van der Waals surface area contributed by atoms with Gasteiger partial charge in [-0.3, -0.25) is 48.4 Å². The second kappa shape index (κ2) is 28.8. The number of hydrogen-bond acceptors (Lipinski definition) is 10. The molecule has 3 aromatic rings. The highest BCUT2D eigenvalue weighted by Crippen LogP contribution is 2.18. The number of nitrogens with two attached hydrogens (primary N) is 7. The number of nitrogens with zero attached hydrogens (tertiary/aromatic N) is 4. The van der Waals surface area contributed by atoms with Crippen LogP contribution in [-0.2, 0) is 46.4 Å². The van der Waals surface area contributed by atoms with Gasteiger partial charge in [-0.2, -0.15) is 0 Å². The van der Waals surface area contributed by atoms with Crippen LogP contribution in [0.2, 0.25) is 0 Å². The van der Waals surface area contributed by atoms with E-state index in [4.69, 9.17) is 40.1 Å². The predicted octanol–water partition coefficient (Wildman–Crippen LogP) is -0.449. The molecule has 3 rings (SSSR count). The van der Waals surface area contributed by atoms with Crippen LogP contribution in [0.3, 0.4) is 0 Å². The van der Waals surface area contributed by atoms with Gasteiger partial charge in [0.15, 0.2) is 17.9 Å². The number of guanidine groups is 3. The molecule has 18 N–H and O–H groups in total. The number of nitrogens with one attached hydrogen (secondary N) is 4. The van der Waals surface area contributed by atoms with Gasteiger partial charge in [0.2, 0.25) is 35.4 Å². The van der Waals surface area contributed by atoms with E-state index in [1.54, 1.807) is 68.4 Å². The number of rotatable bonds is 27. The minimum absolute atomic E-state index is 0.0218. The molecular formula is C48H66FN15O7. The average molecular weight is 984 g/mol. The van der Waals surface area contributed by atoms with Crippen LogP contribution >= 0.6 is 0 Å². The van der Waals surface area contributed by atoms with Crippen LogP contribution in [0, 0.1) is 11.7 Å². The van der Waals surface area contributed by atoms with Crippen LogP contribution in [0.5, 0.6) is 0 Å². The van der Waals surface area contributed by atoms with Crippen molar-refractivity contribution >= 4 is 71.0 Å². The minimum atomic E-state index is -1.57. The summed E-state index contributed by atoms with van der Waals surface area (Å²) in [7, 11) is 0. The third-order valence-electron chi connectivity index (χ3n) is 10.5. The number of imide groups is 1. The molecule has 0 saturated carbocycles. The van der Waals surface area contributed by atoms with Crippen molar-refractivity contribution in [2.45, 2.75) is 95.9 Å². The van der Waals surface area contributed by atoms with Gasteiger partial charge in [0, 0.05) is 38.9 Å². The summed E-state index contributed by atoms with van der Waals surface area (Å²) < 4.78 is 14.1. The lowest BCUT2D eigenvalue weighted by atomic mass is 9.99. The van der Waals surface area contributed by atoms with Gasteiger partial charge in [-0.25, -0.2) is 9.38 Å². The smallest absolute Gasteiger partial charge is 0.253 e. The molecule has 0 aliphatic rings. The van der Waals surface area contributed by atoms with Gasteiger partial charge in [-0.05, 0) is 85.1 Å². The van der Waals surface area contributed by atoms with Gasteiger partial charge in [0.1, 0.15) is 36.0 Å². The van der Waals surface area contributed by atoms with Gasteiger partial charge in [0.25, 0.3) is 5.91 Å². The van der Waals surface area contributed by atoms with E-state index in [1.807, 2.05) is 0 Å². The van der Waals surface area contributed by atoms with Crippen molar-refractivity contribution in [3.8, 4) is 0 Å². The van der Waals surface area contributed by atoms with Crippen LogP contribution in [0.1, 0.15) is 69.6 Å². The van der Waals surface area contributed by atoms with Crippen LogP contribution in [-0.4, -0.2) is 107 Å². The number of amides is 7. The van der Waals surface area contributed by atoms with Gasteiger partial charge >= 0.3 is 0 Å². The number of primary amides is 1. The Balaban J connectivity index is 2.05.